The van der Waals surface area contributed by atoms with Gasteiger partial charge in [0.1, 0.15) is 17.1 Å². The number of hydrogen-bond donors (Lipinski definition) is 4. The van der Waals surface area contributed by atoms with Gasteiger partial charge in [-0.05, 0) is 6.07 Å². The molecule has 0 aliphatic rings. The molecule has 0 aliphatic heterocycles. The van der Waals surface area contributed by atoms with E-state index < -0.39 is 0 Å². The van der Waals surface area contributed by atoms with Gasteiger partial charge in [0.15, 0.2) is 5.75 Å². The van der Waals surface area contributed by atoms with Crippen LogP contribution >= 0.6 is 0 Å². The summed E-state index contributed by atoms with van der Waals surface area (Å²) < 4.78 is 6.74. The maximum atomic E-state index is 9.86. The van der Waals surface area contributed by atoms with Crippen molar-refractivity contribution in [2.24, 2.45) is 7.05 Å². The molecule has 1 aromatic carbocycles. The van der Waals surface area contributed by atoms with Crippen LogP contribution in [0.1, 0.15) is 0 Å². The zero-order chi connectivity index (χ0) is 12.3. The molecule has 0 amide bonds. The van der Waals surface area contributed by atoms with E-state index in [4.69, 9.17) is 15.9 Å². The van der Waals surface area contributed by atoms with E-state index in [9.17, 15) is 10.2 Å². The lowest BCUT2D eigenvalue weighted by Gasteiger charge is -1.97. The molecule has 6 heteroatoms. The van der Waals surface area contributed by atoms with Gasteiger partial charge in [0.25, 0.3) is 0 Å². The molecule has 0 spiro atoms. The van der Waals surface area contributed by atoms with Crippen molar-refractivity contribution in [2.75, 3.05) is 11.5 Å². The third kappa shape index (κ3) is 1.04. The molecule has 0 aliphatic carbocycles. The first kappa shape index (κ1) is 9.71. The number of aromatic hydroxyl groups is 2. The Balaban J connectivity index is 2.56. The molecular formula is C11H11N3O3. The highest BCUT2D eigenvalue weighted by Gasteiger charge is 2.17. The molecule has 0 bridgehead atoms. The maximum Gasteiger partial charge on any atom is 0.307 e. The fourth-order valence-corrected chi connectivity index (χ4v) is 2.03. The van der Waals surface area contributed by atoms with Crippen LogP contribution in [0, 0.1) is 0 Å². The summed E-state index contributed by atoms with van der Waals surface area (Å²) >= 11 is 0. The number of aryl methyl sites for hydroxylation is 1. The van der Waals surface area contributed by atoms with Gasteiger partial charge < -0.3 is 30.7 Å². The Hall–Kier alpha value is -2.50. The van der Waals surface area contributed by atoms with Crippen molar-refractivity contribution in [1.29, 1.82) is 0 Å². The number of fused-ring (bicyclic) bond motifs is 2. The highest BCUT2D eigenvalue weighted by atomic mass is 16.5. The topological polar surface area (TPSA) is 111 Å². The van der Waals surface area contributed by atoms with Crippen molar-refractivity contribution in [1.82, 2.24) is 4.57 Å². The minimum Gasteiger partial charge on any atom is -0.504 e. The molecule has 2 aromatic heterocycles. The van der Waals surface area contributed by atoms with E-state index in [0.717, 1.165) is 0 Å². The number of aromatic nitrogens is 1. The van der Waals surface area contributed by atoms with E-state index in [1.807, 2.05) is 0 Å². The number of hydrogen-bond acceptors (Lipinski definition) is 5. The Morgan fingerprint density at radius 1 is 1.18 bits per heavy atom. The average molecular weight is 233 g/mol. The Kier molecular flexibility index (Phi) is 1.59. The quantitative estimate of drug-likeness (QED) is 0.470. The second-order valence-corrected chi connectivity index (χ2v) is 3.98. The summed E-state index contributed by atoms with van der Waals surface area (Å²) in [7, 11) is 1.73. The van der Waals surface area contributed by atoms with Crippen LogP contribution in [0.3, 0.4) is 0 Å². The molecule has 0 fully saturated rings. The monoisotopic (exact) mass is 233 g/mol. The third-order valence-electron chi connectivity index (χ3n) is 3.05. The second-order valence-electron chi connectivity index (χ2n) is 3.98. The van der Waals surface area contributed by atoms with Crippen LogP contribution in [0.25, 0.3) is 21.9 Å². The Labute approximate surface area is 95.6 Å². The summed E-state index contributed by atoms with van der Waals surface area (Å²) in [6.07, 6.45) is 0. The summed E-state index contributed by atoms with van der Waals surface area (Å²) in [5.41, 5.74) is 12.7. The highest BCUT2D eigenvalue weighted by molar-refractivity contribution is 6.05. The highest BCUT2D eigenvalue weighted by Crippen LogP contribution is 2.40. The maximum absolute atomic E-state index is 9.86. The van der Waals surface area contributed by atoms with Gasteiger partial charge in [-0.1, -0.05) is 0 Å². The second kappa shape index (κ2) is 2.79. The molecule has 17 heavy (non-hydrogen) atoms. The normalized spacial score (nSPS) is 11.6. The number of nitrogens with two attached hydrogens (primary N) is 2. The first-order chi connectivity index (χ1) is 8.00. The smallest absolute Gasteiger partial charge is 0.307 e. The Morgan fingerprint density at radius 2 is 1.88 bits per heavy atom. The molecule has 88 valence electrons. The largest absolute Gasteiger partial charge is 0.504 e. The van der Waals surface area contributed by atoms with Crippen molar-refractivity contribution in [3.05, 3.63) is 12.1 Å². The van der Waals surface area contributed by atoms with Crippen LogP contribution in [0.5, 0.6) is 11.7 Å². The number of anilines is 2. The third-order valence-corrected chi connectivity index (χ3v) is 3.05. The first-order valence-corrected chi connectivity index (χ1v) is 4.98. The predicted molar refractivity (Wildman–Crippen MR) is 64.8 cm³/mol. The van der Waals surface area contributed by atoms with Gasteiger partial charge in [-0.25, -0.2) is 0 Å². The first-order valence-electron chi connectivity index (χ1n) is 4.98. The van der Waals surface area contributed by atoms with Gasteiger partial charge in [0, 0.05) is 23.9 Å². The fourth-order valence-electron chi connectivity index (χ4n) is 2.03. The van der Waals surface area contributed by atoms with E-state index in [-0.39, 0.29) is 23.2 Å². The molecular weight excluding hydrogens is 222 g/mol. The zero-order valence-corrected chi connectivity index (χ0v) is 9.06. The van der Waals surface area contributed by atoms with Crippen molar-refractivity contribution >= 4 is 33.4 Å². The number of rotatable bonds is 0. The van der Waals surface area contributed by atoms with Gasteiger partial charge in [-0.3, -0.25) is 0 Å². The van der Waals surface area contributed by atoms with E-state index >= 15 is 0 Å². The standard InChI is InChI=1S/C11H11N3O3/c1-14-6-3-7-5(8(12)11(16)17-7)2-4(6)9(15)10(14)13/h2-3,15-16H,12-13H2,1H3. The van der Waals surface area contributed by atoms with E-state index in [0.29, 0.717) is 21.9 Å². The zero-order valence-electron chi connectivity index (χ0n) is 9.06. The van der Waals surface area contributed by atoms with Gasteiger partial charge in [0.2, 0.25) is 0 Å². The van der Waals surface area contributed by atoms with Gasteiger partial charge in [-0.15, -0.1) is 0 Å². The minimum absolute atomic E-state index is 0.00416. The predicted octanol–water partition coefficient (Wildman–Crippen LogP) is 1.50. The van der Waals surface area contributed by atoms with Crippen LogP contribution in [0.4, 0.5) is 11.5 Å². The molecule has 0 atom stereocenters. The summed E-state index contributed by atoms with van der Waals surface area (Å²) in [4.78, 5) is 0. The molecule has 3 rings (SSSR count). The molecule has 6 N–H and O–H groups in total. The van der Waals surface area contributed by atoms with Crippen LogP contribution in [-0.4, -0.2) is 14.8 Å². The van der Waals surface area contributed by atoms with Crippen molar-refractivity contribution < 1.29 is 14.6 Å². The van der Waals surface area contributed by atoms with Crippen molar-refractivity contribution in [3.63, 3.8) is 0 Å². The molecule has 0 radical (unpaired) electrons. The SMILES string of the molecule is Cn1c(N)c(O)c2cc3c(N)c(O)oc3cc21. The molecule has 3 aromatic rings. The molecule has 0 saturated carbocycles. The van der Waals surface area contributed by atoms with E-state index in [1.54, 1.807) is 23.7 Å². The lowest BCUT2D eigenvalue weighted by molar-refractivity contribution is 0.349. The van der Waals surface area contributed by atoms with Gasteiger partial charge in [-0.2, -0.15) is 0 Å². The van der Waals surface area contributed by atoms with Crippen molar-refractivity contribution in [3.8, 4) is 11.7 Å². The van der Waals surface area contributed by atoms with Gasteiger partial charge in [0.05, 0.1) is 5.52 Å². The fraction of sp³-hybridized carbons (Fsp3) is 0.0909. The minimum atomic E-state index is -0.317. The van der Waals surface area contributed by atoms with Crippen LogP contribution in [0.2, 0.25) is 0 Å². The summed E-state index contributed by atoms with van der Waals surface area (Å²) in [6, 6.07) is 3.33. The van der Waals surface area contributed by atoms with Gasteiger partial charge >= 0.3 is 5.95 Å². The lowest BCUT2D eigenvalue weighted by Crippen LogP contribution is -1.94. The van der Waals surface area contributed by atoms with Crippen LogP contribution in [0.15, 0.2) is 16.5 Å². The number of furan rings is 1. The number of nitrogens with zero attached hydrogens (tertiary/aromatic N) is 1. The average Bonchev–Trinajstić information content (AvgIpc) is 2.70. The summed E-state index contributed by atoms with van der Waals surface area (Å²) in [5.74, 6) is -0.0392. The molecule has 6 nitrogen and oxygen atoms in total. The molecule has 0 unspecified atom stereocenters. The van der Waals surface area contributed by atoms with Crippen molar-refractivity contribution in [2.45, 2.75) is 0 Å². The van der Waals surface area contributed by atoms with E-state index in [1.165, 1.54) is 0 Å². The lowest BCUT2D eigenvalue weighted by atomic mass is 10.1. The molecule has 0 saturated heterocycles. The van der Waals surface area contributed by atoms with Crippen LogP contribution < -0.4 is 11.5 Å². The summed E-state index contributed by atoms with van der Waals surface area (Å²) in [5, 5.41) is 20.4. The van der Waals surface area contributed by atoms with Crippen LogP contribution in [-0.2, 0) is 7.05 Å². The summed E-state index contributed by atoms with van der Waals surface area (Å²) in [6.45, 7) is 0. The Bertz CT molecular complexity index is 755. The van der Waals surface area contributed by atoms with E-state index in [2.05, 4.69) is 0 Å². The molecule has 2 heterocycles. The number of nitrogen functional groups attached to an aromatic ring is 2. The Morgan fingerprint density at radius 3 is 2.59 bits per heavy atom. The number of benzene rings is 1.